The van der Waals surface area contributed by atoms with Gasteiger partial charge in [0.15, 0.2) is 0 Å². The molecule has 1 aliphatic rings. The number of benzene rings is 2. The molecule has 7 heteroatoms. The molecule has 0 saturated carbocycles. The first kappa shape index (κ1) is 23.8. The Morgan fingerprint density at radius 3 is 2.47 bits per heavy atom. The van der Waals surface area contributed by atoms with Gasteiger partial charge in [-0.1, -0.05) is 43.3 Å². The maximum Gasteiger partial charge on any atom is 0.243 e. The average molecular weight is 434 g/mol. The van der Waals surface area contributed by atoms with E-state index in [1.54, 1.807) is 17.0 Å². The second kappa shape index (κ2) is 11.1. The molecule has 2 aromatic carbocycles. The number of rotatable bonds is 7. The van der Waals surface area contributed by atoms with Crippen LogP contribution in [0.25, 0.3) is 0 Å². The normalized spacial score (nSPS) is 16.2. The van der Waals surface area contributed by atoms with E-state index >= 15 is 0 Å². The van der Waals surface area contributed by atoms with Gasteiger partial charge in [0.2, 0.25) is 11.8 Å². The van der Waals surface area contributed by atoms with E-state index in [1.165, 1.54) is 12.1 Å². The van der Waals surface area contributed by atoms with Gasteiger partial charge in [-0.05, 0) is 42.3 Å². The second-order valence-corrected chi connectivity index (χ2v) is 7.58. The zero-order valence-electron chi connectivity index (χ0n) is 17.4. The zero-order valence-corrected chi connectivity index (χ0v) is 18.2. The molecule has 0 bridgehead atoms. The van der Waals surface area contributed by atoms with Gasteiger partial charge in [0.1, 0.15) is 11.9 Å². The third-order valence-corrected chi connectivity index (χ3v) is 5.39. The number of nitrogens with one attached hydrogen (secondary N) is 2. The van der Waals surface area contributed by atoms with Crippen molar-refractivity contribution in [2.45, 2.75) is 32.4 Å². The molecule has 0 fully saturated rings. The van der Waals surface area contributed by atoms with E-state index in [2.05, 4.69) is 10.6 Å². The Morgan fingerprint density at radius 1 is 1.13 bits per heavy atom. The number of carbonyl (C=O) groups excluding carboxylic acids is 2. The lowest BCUT2D eigenvalue weighted by Gasteiger charge is -2.37. The fraction of sp³-hybridized carbons (Fsp3) is 0.391. The molecule has 2 amide bonds. The van der Waals surface area contributed by atoms with E-state index in [9.17, 15) is 14.0 Å². The minimum Gasteiger partial charge on any atom is -0.354 e. The van der Waals surface area contributed by atoms with Gasteiger partial charge >= 0.3 is 0 Å². The van der Waals surface area contributed by atoms with Crippen LogP contribution < -0.4 is 10.6 Å². The molecule has 30 heavy (non-hydrogen) atoms. The highest BCUT2D eigenvalue weighted by molar-refractivity contribution is 5.89. The molecule has 2 unspecified atom stereocenters. The summed E-state index contributed by atoms with van der Waals surface area (Å²) < 4.78 is 13.0. The van der Waals surface area contributed by atoms with Crippen LogP contribution in [0, 0.1) is 11.7 Å². The molecule has 0 saturated heterocycles. The summed E-state index contributed by atoms with van der Waals surface area (Å²) in [6.07, 6.45) is 1.12. The van der Waals surface area contributed by atoms with E-state index in [4.69, 9.17) is 0 Å². The van der Waals surface area contributed by atoms with E-state index in [1.807, 2.05) is 38.2 Å². The smallest absolute Gasteiger partial charge is 0.243 e. The zero-order chi connectivity index (χ0) is 20.8. The van der Waals surface area contributed by atoms with Gasteiger partial charge in [-0.25, -0.2) is 4.39 Å². The van der Waals surface area contributed by atoms with Crippen molar-refractivity contribution in [1.29, 1.82) is 0 Å². The Kier molecular flexibility index (Phi) is 8.81. The molecular weight excluding hydrogens is 405 g/mol. The number of amides is 2. The summed E-state index contributed by atoms with van der Waals surface area (Å²) in [6, 6.07) is 13.7. The molecule has 162 valence electrons. The summed E-state index contributed by atoms with van der Waals surface area (Å²) in [5.41, 5.74) is 3.15. The van der Waals surface area contributed by atoms with Crippen molar-refractivity contribution in [3.63, 3.8) is 0 Å². The molecule has 3 rings (SSSR count). The Hall–Kier alpha value is -2.44. The summed E-state index contributed by atoms with van der Waals surface area (Å²) in [7, 11) is 1.81. The molecule has 1 heterocycles. The fourth-order valence-electron chi connectivity index (χ4n) is 3.76. The minimum atomic E-state index is -0.523. The number of hydrogen-bond donors (Lipinski definition) is 2. The van der Waals surface area contributed by atoms with Crippen LogP contribution in [-0.4, -0.2) is 42.9 Å². The predicted octanol–water partition coefficient (Wildman–Crippen LogP) is 2.72. The summed E-state index contributed by atoms with van der Waals surface area (Å²) >= 11 is 0. The van der Waals surface area contributed by atoms with E-state index < -0.39 is 6.04 Å². The highest BCUT2D eigenvalue weighted by Gasteiger charge is 2.35. The van der Waals surface area contributed by atoms with Crippen molar-refractivity contribution >= 4 is 24.2 Å². The first-order valence-electron chi connectivity index (χ1n) is 10.0. The van der Waals surface area contributed by atoms with Crippen LogP contribution in [0.2, 0.25) is 0 Å². The first-order chi connectivity index (χ1) is 14.0. The standard InChI is InChI=1S/C23H28FN3O2.ClH/c1-16(14-25-2)23(29)27-15-19-6-4-3-5-18(19)13-21(27)22(28)26-12-11-17-7-9-20(24)10-8-17;/h3-10,16,21,25H,11-15H2,1-2H3,(H,26,28);1H. The van der Waals surface area contributed by atoms with Crippen molar-refractivity contribution in [3.05, 3.63) is 71.0 Å². The largest absolute Gasteiger partial charge is 0.354 e. The molecule has 1 aliphatic heterocycles. The Bertz CT molecular complexity index is 860. The summed E-state index contributed by atoms with van der Waals surface area (Å²) in [5, 5.41) is 5.99. The molecule has 5 nitrogen and oxygen atoms in total. The minimum absolute atomic E-state index is 0. The molecule has 0 spiro atoms. The lowest BCUT2D eigenvalue weighted by molar-refractivity contribution is -0.144. The predicted molar refractivity (Wildman–Crippen MR) is 118 cm³/mol. The maximum absolute atomic E-state index is 13.0. The molecule has 2 N–H and O–H groups in total. The highest BCUT2D eigenvalue weighted by Crippen LogP contribution is 2.25. The molecule has 2 atom stereocenters. The number of nitrogens with zero attached hydrogens (tertiary/aromatic N) is 1. The highest BCUT2D eigenvalue weighted by atomic mass is 35.5. The van der Waals surface area contributed by atoms with Crippen molar-refractivity contribution in [3.8, 4) is 0 Å². The first-order valence-corrected chi connectivity index (χ1v) is 10.0. The van der Waals surface area contributed by atoms with Gasteiger partial charge in [-0.3, -0.25) is 9.59 Å². The quantitative estimate of drug-likeness (QED) is 0.705. The van der Waals surface area contributed by atoms with Crippen LogP contribution in [0.1, 0.15) is 23.6 Å². The monoisotopic (exact) mass is 433 g/mol. The molecular formula is C23H29ClFN3O2. The number of hydrogen-bond acceptors (Lipinski definition) is 3. The van der Waals surface area contributed by atoms with Crippen LogP contribution in [0.3, 0.4) is 0 Å². The van der Waals surface area contributed by atoms with Crippen molar-refractivity contribution in [1.82, 2.24) is 15.5 Å². The molecule has 0 aliphatic carbocycles. The summed E-state index contributed by atoms with van der Waals surface area (Å²) in [4.78, 5) is 27.7. The van der Waals surface area contributed by atoms with Crippen molar-refractivity contribution in [2.24, 2.45) is 5.92 Å². The maximum atomic E-state index is 13.0. The van der Waals surface area contributed by atoms with Gasteiger partial charge in [0, 0.05) is 32.0 Å². The van der Waals surface area contributed by atoms with E-state index in [0.29, 0.717) is 32.5 Å². The lowest BCUT2D eigenvalue weighted by atomic mass is 9.92. The van der Waals surface area contributed by atoms with Crippen LogP contribution in [0.4, 0.5) is 4.39 Å². The average Bonchev–Trinajstić information content (AvgIpc) is 2.73. The Morgan fingerprint density at radius 2 is 1.80 bits per heavy atom. The summed E-state index contributed by atoms with van der Waals surface area (Å²) in [5.74, 6) is -0.651. The van der Waals surface area contributed by atoms with Gasteiger partial charge in [-0.2, -0.15) is 0 Å². The second-order valence-electron chi connectivity index (χ2n) is 7.58. The topological polar surface area (TPSA) is 61.4 Å². The van der Waals surface area contributed by atoms with Crippen molar-refractivity contribution in [2.75, 3.05) is 20.1 Å². The molecule has 2 aromatic rings. The number of halogens is 2. The Balaban J connectivity index is 0.00000320. The third kappa shape index (κ3) is 5.80. The van der Waals surface area contributed by atoms with Gasteiger partial charge in [0.25, 0.3) is 0 Å². The number of fused-ring (bicyclic) bond motifs is 1. The third-order valence-electron chi connectivity index (χ3n) is 5.39. The Labute approximate surface area is 183 Å². The number of carbonyl (C=O) groups is 2. The van der Waals surface area contributed by atoms with Crippen LogP contribution in [0.15, 0.2) is 48.5 Å². The van der Waals surface area contributed by atoms with Crippen LogP contribution in [-0.2, 0) is 29.0 Å². The van der Waals surface area contributed by atoms with E-state index in [0.717, 1.165) is 16.7 Å². The van der Waals surface area contributed by atoms with Gasteiger partial charge < -0.3 is 15.5 Å². The van der Waals surface area contributed by atoms with Gasteiger partial charge in [-0.15, -0.1) is 12.4 Å². The SMILES string of the molecule is CNCC(C)C(=O)N1Cc2ccccc2CC1C(=O)NCCc1ccc(F)cc1.Cl. The summed E-state index contributed by atoms with van der Waals surface area (Å²) in [6.45, 7) is 3.33. The fourth-order valence-corrected chi connectivity index (χ4v) is 3.76. The van der Waals surface area contributed by atoms with Crippen molar-refractivity contribution < 1.29 is 14.0 Å². The lowest BCUT2D eigenvalue weighted by Crippen LogP contribution is -2.54. The van der Waals surface area contributed by atoms with Crippen LogP contribution >= 0.6 is 12.4 Å². The van der Waals surface area contributed by atoms with Gasteiger partial charge in [0.05, 0.1) is 0 Å². The van der Waals surface area contributed by atoms with Crippen LogP contribution in [0.5, 0.6) is 0 Å². The van der Waals surface area contributed by atoms with E-state index in [-0.39, 0.29) is 36.0 Å². The molecule has 0 radical (unpaired) electrons. The molecule has 0 aromatic heterocycles.